The second kappa shape index (κ2) is 3.26. The van der Waals surface area contributed by atoms with Crippen molar-refractivity contribution in [2.45, 2.75) is 6.54 Å². The average molecular weight is 186 g/mol. The van der Waals surface area contributed by atoms with E-state index in [9.17, 15) is 4.79 Å². The Morgan fingerprint density at radius 2 is 2.21 bits per heavy atom. The second-order valence-electron chi connectivity index (χ2n) is 2.73. The molecule has 0 amide bonds. The summed E-state index contributed by atoms with van der Waals surface area (Å²) >= 11 is 0. The highest BCUT2D eigenvalue weighted by Crippen LogP contribution is 2.02. The van der Waals surface area contributed by atoms with Crippen LogP contribution in [0, 0.1) is 11.3 Å². The van der Waals surface area contributed by atoms with Crippen LogP contribution in [-0.2, 0) is 6.54 Å². The summed E-state index contributed by atoms with van der Waals surface area (Å²) in [5, 5.41) is 16.4. The topological polar surface area (TPSA) is 71.6 Å². The van der Waals surface area contributed by atoms with Crippen LogP contribution in [-0.4, -0.2) is 15.0 Å². The predicted molar refractivity (Wildman–Crippen MR) is 49.4 cm³/mol. The number of nitrogens with zero attached hydrogens (tertiary/aromatic N) is 4. The Balaban J connectivity index is 2.77. The van der Waals surface area contributed by atoms with Crippen molar-refractivity contribution in [3.8, 4) is 6.07 Å². The Hall–Kier alpha value is -2.22. The van der Waals surface area contributed by atoms with Gasteiger partial charge in [-0.1, -0.05) is 17.3 Å². The van der Waals surface area contributed by atoms with Crippen LogP contribution in [0.3, 0.4) is 0 Å². The second-order valence-corrected chi connectivity index (χ2v) is 2.73. The molecule has 0 aliphatic rings. The molecule has 0 saturated carbocycles. The SMILES string of the molecule is N#CCn1nnc2ccccc2c1=O. The Kier molecular flexibility index (Phi) is 1.95. The highest BCUT2D eigenvalue weighted by Gasteiger charge is 2.02. The summed E-state index contributed by atoms with van der Waals surface area (Å²) in [6.07, 6.45) is 0. The van der Waals surface area contributed by atoms with Gasteiger partial charge in [0.1, 0.15) is 12.1 Å². The number of hydrogen-bond acceptors (Lipinski definition) is 4. The standard InChI is InChI=1S/C9H6N4O/c10-5-6-13-9(14)7-3-1-2-4-8(7)11-12-13/h1-4H,6H2. The molecule has 0 aliphatic carbocycles. The van der Waals surface area contributed by atoms with E-state index in [1.54, 1.807) is 24.3 Å². The number of aromatic nitrogens is 3. The number of hydrogen-bond donors (Lipinski definition) is 0. The molecule has 5 heteroatoms. The van der Waals surface area contributed by atoms with Crippen molar-refractivity contribution in [1.29, 1.82) is 5.26 Å². The van der Waals surface area contributed by atoms with Gasteiger partial charge in [0.15, 0.2) is 0 Å². The monoisotopic (exact) mass is 186 g/mol. The van der Waals surface area contributed by atoms with Gasteiger partial charge in [0, 0.05) is 0 Å². The van der Waals surface area contributed by atoms with Gasteiger partial charge in [-0.15, -0.1) is 5.10 Å². The maximum absolute atomic E-state index is 11.6. The molecule has 2 rings (SSSR count). The van der Waals surface area contributed by atoms with Gasteiger partial charge in [0.2, 0.25) is 0 Å². The van der Waals surface area contributed by atoms with Gasteiger partial charge in [0.25, 0.3) is 5.56 Å². The molecule has 1 aromatic heterocycles. The first-order valence-corrected chi connectivity index (χ1v) is 4.02. The summed E-state index contributed by atoms with van der Waals surface area (Å²) in [6, 6.07) is 8.76. The number of rotatable bonds is 1. The smallest absolute Gasteiger partial charge is 0.267 e. The molecule has 0 spiro atoms. The van der Waals surface area contributed by atoms with Gasteiger partial charge in [0.05, 0.1) is 11.5 Å². The summed E-state index contributed by atoms with van der Waals surface area (Å²) in [5.74, 6) is 0. The van der Waals surface area contributed by atoms with E-state index in [1.165, 1.54) is 0 Å². The van der Waals surface area contributed by atoms with Crippen LogP contribution in [0.5, 0.6) is 0 Å². The molecule has 0 bridgehead atoms. The van der Waals surface area contributed by atoms with E-state index in [2.05, 4.69) is 10.3 Å². The zero-order chi connectivity index (χ0) is 9.97. The van der Waals surface area contributed by atoms with E-state index in [0.29, 0.717) is 10.9 Å². The Labute approximate surface area is 79.2 Å². The summed E-state index contributed by atoms with van der Waals surface area (Å²) in [7, 11) is 0. The van der Waals surface area contributed by atoms with Gasteiger partial charge < -0.3 is 0 Å². The molecule has 0 radical (unpaired) electrons. The fourth-order valence-electron chi connectivity index (χ4n) is 1.19. The van der Waals surface area contributed by atoms with Crippen molar-refractivity contribution < 1.29 is 0 Å². The molecule has 1 aromatic carbocycles. The maximum atomic E-state index is 11.6. The van der Waals surface area contributed by atoms with E-state index in [1.807, 2.05) is 6.07 Å². The molecule has 0 aliphatic heterocycles. The lowest BCUT2D eigenvalue weighted by atomic mass is 10.2. The lowest BCUT2D eigenvalue weighted by molar-refractivity contribution is 0.616. The average Bonchev–Trinajstić information content (AvgIpc) is 2.23. The molecule has 0 N–H and O–H groups in total. The highest BCUT2D eigenvalue weighted by atomic mass is 16.1. The third kappa shape index (κ3) is 1.23. The minimum Gasteiger partial charge on any atom is -0.267 e. The zero-order valence-electron chi connectivity index (χ0n) is 7.21. The first kappa shape index (κ1) is 8.38. The zero-order valence-corrected chi connectivity index (χ0v) is 7.21. The molecular weight excluding hydrogens is 180 g/mol. The quantitative estimate of drug-likeness (QED) is 0.642. The maximum Gasteiger partial charge on any atom is 0.278 e. The summed E-state index contributed by atoms with van der Waals surface area (Å²) < 4.78 is 1.04. The number of nitriles is 1. The van der Waals surface area contributed by atoms with E-state index in [4.69, 9.17) is 5.26 Å². The van der Waals surface area contributed by atoms with Crippen molar-refractivity contribution in [3.63, 3.8) is 0 Å². The molecule has 2 aromatic rings. The van der Waals surface area contributed by atoms with Crippen LogP contribution in [0.1, 0.15) is 0 Å². The van der Waals surface area contributed by atoms with Crippen LogP contribution in [0.4, 0.5) is 0 Å². The van der Waals surface area contributed by atoms with Gasteiger partial charge in [-0.2, -0.15) is 9.94 Å². The van der Waals surface area contributed by atoms with Gasteiger partial charge in [-0.05, 0) is 12.1 Å². The molecule has 0 saturated heterocycles. The summed E-state index contributed by atoms with van der Waals surface area (Å²) in [4.78, 5) is 11.6. The van der Waals surface area contributed by atoms with Crippen molar-refractivity contribution in [2.75, 3.05) is 0 Å². The minimum atomic E-state index is -0.280. The van der Waals surface area contributed by atoms with Crippen molar-refractivity contribution in [2.24, 2.45) is 0 Å². The Morgan fingerprint density at radius 3 is 3.00 bits per heavy atom. The molecular formula is C9H6N4O. The van der Waals surface area contributed by atoms with Crippen LogP contribution < -0.4 is 5.56 Å². The van der Waals surface area contributed by atoms with Crippen molar-refractivity contribution in [1.82, 2.24) is 15.0 Å². The van der Waals surface area contributed by atoms with Gasteiger partial charge >= 0.3 is 0 Å². The van der Waals surface area contributed by atoms with Crippen LogP contribution in [0.25, 0.3) is 10.9 Å². The van der Waals surface area contributed by atoms with Crippen molar-refractivity contribution in [3.05, 3.63) is 34.6 Å². The fourth-order valence-corrected chi connectivity index (χ4v) is 1.19. The number of fused-ring (bicyclic) bond motifs is 1. The van der Waals surface area contributed by atoms with Gasteiger partial charge in [-0.3, -0.25) is 4.79 Å². The number of benzene rings is 1. The third-order valence-electron chi connectivity index (χ3n) is 1.85. The lowest BCUT2D eigenvalue weighted by Gasteiger charge is -1.98. The normalized spacial score (nSPS) is 9.93. The minimum absolute atomic E-state index is 0.0728. The first-order chi connectivity index (χ1) is 6.83. The van der Waals surface area contributed by atoms with Crippen LogP contribution in [0.15, 0.2) is 29.1 Å². The molecule has 0 fully saturated rings. The predicted octanol–water partition coefficient (Wildman–Crippen LogP) is 0.315. The van der Waals surface area contributed by atoms with Crippen LogP contribution in [0.2, 0.25) is 0 Å². The molecule has 1 heterocycles. The molecule has 0 atom stereocenters. The van der Waals surface area contributed by atoms with E-state index in [-0.39, 0.29) is 12.1 Å². The fraction of sp³-hybridized carbons (Fsp3) is 0.111. The van der Waals surface area contributed by atoms with Gasteiger partial charge in [-0.25, -0.2) is 0 Å². The van der Waals surface area contributed by atoms with Crippen LogP contribution >= 0.6 is 0 Å². The third-order valence-corrected chi connectivity index (χ3v) is 1.85. The summed E-state index contributed by atoms with van der Waals surface area (Å²) in [5.41, 5.74) is 0.267. The Bertz CT molecular complexity index is 567. The Morgan fingerprint density at radius 1 is 1.43 bits per heavy atom. The molecule has 5 nitrogen and oxygen atoms in total. The van der Waals surface area contributed by atoms with E-state index < -0.39 is 0 Å². The van der Waals surface area contributed by atoms with E-state index in [0.717, 1.165) is 4.68 Å². The molecule has 14 heavy (non-hydrogen) atoms. The lowest BCUT2D eigenvalue weighted by Crippen LogP contribution is -2.23. The van der Waals surface area contributed by atoms with E-state index >= 15 is 0 Å². The largest absolute Gasteiger partial charge is 0.278 e. The molecule has 0 unspecified atom stereocenters. The summed E-state index contributed by atoms with van der Waals surface area (Å²) in [6.45, 7) is -0.0728. The van der Waals surface area contributed by atoms with Crippen molar-refractivity contribution >= 4 is 10.9 Å². The molecule has 68 valence electrons. The highest BCUT2D eigenvalue weighted by molar-refractivity contribution is 5.76. The first-order valence-electron chi connectivity index (χ1n) is 4.02.